The number of aromatic nitrogens is 2. The summed E-state index contributed by atoms with van der Waals surface area (Å²) in [5, 5.41) is 19.6. The number of halogens is 1. The Morgan fingerprint density at radius 3 is 2.41 bits per heavy atom. The fourth-order valence-electron chi connectivity index (χ4n) is 5.52. The molecule has 1 unspecified atom stereocenters. The number of carbonyl (C=O) groups excluding carboxylic acids is 2. The number of aliphatic hydroxyl groups excluding tert-OH is 1. The van der Waals surface area contributed by atoms with Gasteiger partial charge in [-0.3, -0.25) is 19.2 Å². The van der Waals surface area contributed by atoms with Crippen molar-refractivity contribution in [2.45, 2.75) is 39.5 Å². The fraction of sp³-hybridized carbons (Fsp3) is 0.414. The number of aliphatic hydroxyl groups is 1. The summed E-state index contributed by atoms with van der Waals surface area (Å²) in [7, 11) is 0. The molecule has 2 aliphatic heterocycles. The van der Waals surface area contributed by atoms with Crippen LogP contribution in [-0.4, -0.2) is 81.9 Å². The summed E-state index contributed by atoms with van der Waals surface area (Å²) in [4.78, 5) is 30.1. The molecule has 9 nitrogen and oxygen atoms in total. The maximum atomic E-state index is 12.1. The number of rotatable bonds is 7. The first kappa shape index (κ1) is 27.2. The van der Waals surface area contributed by atoms with Gasteiger partial charge in [0, 0.05) is 87.9 Å². The molecule has 1 saturated heterocycles. The van der Waals surface area contributed by atoms with Crippen LogP contribution in [0.5, 0.6) is 0 Å². The third-order valence-corrected chi connectivity index (χ3v) is 7.73. The number of hydrogen-bond acceptors (Lipinski definition) is 6. The Morgan fingerprint density at radius 1 is 1.00 bits per heavy atom. The predicted molar refractivity (Wildman–Crippen MR) is 153 cm³/mol. The van der Waals surface area contributed by atoms with Crippen molar-refractivity contribution in [1.82, 2.24) is 19.6 Å². The van der Waals surface area contributed by atoms with Gasteiger partial charge in [-0.2, -0.15) is 5.10 Å². The molecule has 3 heterocycles. The van der Waals surface area contributed by atoms with Crippen LogP contribution < -0.4 is 10.2 Å². The number of hydrogen-bond donors (Lipinski definition) is 2. The van der Waals surface area contributed by atoms with Gasteiger partial charge in [-0.25, -0.2) is 0 Å². The molecule has 10 heteroatoms. The lowest BCUT2D eigenvalue weighted by Crippen LogP contribution is -2.49. The third kappa shape index (κ3) is 6.27. The summed E-state index contributed by atoms with van der Waals surface area (Å²) in [6.07, 6.45) is 0.116. The first-order valence-electron chi connectivity index (χ1n) is 13.4. The fourth-order valence-corrected chi connectivity index (χ4v) is 5.65. The molecule has 206 valence electrons. The van der Waals surface area contributed by atoms with E-state index in [1.165, 1.54) is 6.92 Å². The van der Waals surface area contributed by atoms with Crippen LogP contribution in [0.15, 0.2) is 48.5 Å². The highest BCUT2D eigenvalue weighted by Crippen LogP contribution is 2.31. The number of nitrogens with zero attached hydrogens (tertiary/aromatic N) is 5. The Labute approximate surface area is 234 Å². The highest BCUT2D eigenvalue weighted by Gasteiger charge is 2.28. The molecular formula is C29H35ClN6O3. The summed E-state index contributed by atoms with van der Waals surface area (Å²) in [6.45, 7) is 8.45. The van der Waals surface area contributed by atoms with Crippen molar-refractivity contribution >= 4 is 34.8 Å². The Bertz CT molecular complexity index is 1330. The molecule has 1 fully saturated rings. The number of para-hydroxylation sites is 2. The highest BCUT2D eigenvalue weighted by molar-refractivity contribution is 6.30. The largest absolute Gasteiger partial charge is 0.390 e. The van der Waals surface area contributed by atoms with E-state index in [0.29, 0.717) is 37.6 Å². The van der Waals surface area contributed by atoms with Gasteiger partial charge >= 0.3 is 0 Å². The van der Waals surface area contributed by atoms with Crippen LogP contribution in [0.1, 0.15) is 25.1 Å². The van der Waals surface area contributed by atoms with Crippen molar-refractivity contribution in [2.24, 2.45) is 0 Å². The molecule has 39 heavy (non-hydrogen) atoms. The van der Waals surface area contributed by atoms with Crippen molar-refractivity contribution < 1.29 is 14.7 Å². The second kappa shape index (κ2) is 11.8. The number of fused-ring (bicyclic) bond motifs is 1. The average molecular weight is 551 g/mol. The summed E-state index contributed by atoms with van der Waals surface area (Å²) in [6, 6.07) is 15.4. The summed E-state index contributed by atoms with van der Waals surface area (Å²) >= 11 is 6.11. The SMILES string of the molecule is CC(=O)Nc1ccccc1N1CCN(CC(O)Cn2nc(-c3ccc(Cl)cc3)c3c2CCN(C(C)=O)C3)CC1. The van der Waals surface area contributed by atoms with Crippen LogP contribution in [0, 0.1) is 0 Å². The molecule has 1 aromatic heterocycles. The summed E-state index contributed by atoms with van der Waals surface area (Å²) in [5.74, 6) is -0.0347. The first-order valence-corrected chi connectivity index (χ1v) is 13.8. The number of β-amino-alcohol motifs (C(OH)–C–C–N with tert-alkyl or cyclic N) is 1. The molecule has 0 saturated carbocycles. The normalized spacial score (nSPS) is 16.6. The van der Waals surface area contributed by atoms with Gasteiger partial charge < -0.3 is 20.2 Å². The molecule has 0 spiro atoms. The molecule has 2 aromatic carbocycles. The Kier molecular flexibility index (Phi) is 8.20. The van der Waals surface area contributed by atoms with Gasteiger partial charge in [-0.1, -0.05) is 35.9 Å². The van der Waals surface area contributed by atoms with Crippen molar-refractivity contribution in [3.63, 3.8) is 0 Å². The molecule has 2 amide bonds. The van der Waals surface area contributed by atoms with E-state index in [1.807, 2.05) is 58.1 Å². The molecule has 0 bridgehead atoms. The molecular weight excluding hydrogens is 516 g/mol. The van der Waals surface area contributed by atoms with Gasteiger partial charge in [0.15, 0.2) is 0 Å². The minimum absolute atomic E-state index is 0.0503. The van der Waals surface area contributed by atoms with E-state index in [0.717, 1.165) is 60.1 Å². The van der Waals surface area contributed by atoms with E-state index < -0.39 is 6.10 Å². The average Bonchev–Trinajstić information content (AvgIpc) is 3.27. The smallest absolute Gasteiger partial charge is 0.221 e. The second-order valence-electron chi connectivity index (χ2n) is 10.3. The number of anilines is 2. The monoisotopic (exact) mass is 550 g/mol. The number of piperazine rings is 1. The highest BCUT2D eigenvalue weighted by atomic mass is 35.5. The van der Waals surface area contributed by atoms with Crippen LogP contribution in [0.4, 0.5) is 11.4 Å². The van der Waals surface area contributed by atoms with Crippen molar-refractivity contribution in [1.29, 1.82) is 0 Å². The molecule has 0 radical (unpaired) electrons. The van der Waals surface area contributed by atoms with Crippen LogP contribution in [0.25, 0.3) is 11.3 Å². The Balaban J connectivity index is 1.25. The van der Waals surface area contributed by atoms with E-state index in [1.54, 1.807) is 6.92 Å². The lowest BCUT2D eigenvalue weighted by atomic mass is 10.0. The maximum Gasteiger partial charge on any atom is 0.221 e. The van der Waals surface area contributed by atoms with E-state index >= 15 is 0 Å². The number of carbonyl (C=O) groups is 2. The van der Waals surface area contributed by atoms with Crippen LogP contribution >= 0.6 is 11.6 Å². The lowest BCUT2D eigenvalue weighted by Gasteiger charge is -2.37. The quantitative estimate of drug-likeness (QED) is 0.469. The first-order chi connectivity index (χ1) is 18.8. The van der Waals surface area contributed by atoms with Gasteiger partial charge in [-0.15, -0.1) is 0 Å². The molecule has 2 N–H and O–H groups in total. The van der Waals surface area contributed by atoms with Gasteiger partial charge in [0.2, 0.25) is 11.8 Å². The minimum Gasteiger partial charge on any atom is -0.390 e. The van der Waals surface area contributed by atoms with Crippen molar-refractivity contribution in [3.8, 4) is 11.3 Å². The summed E-state index contributed by atoms with van der Waals surface area (Å²) < 4.78 is 1.93. The summed E-state index contributed by atoms with van der Waals surface area (Å²) in [5.41, 5.74) is 5.75. The van der Waals surface area contributed by atoms with Gasteiger partial charge in [-0.05, 0) is 24.3 Å². The number of amides is 2. The molecule has 3 aromatic rings. The predicted octanol–water partition coefficient (Wildman–Crippen LogP) is 3.25. The van der Waals surface area contributed by atoms with Gasteiger partial charge in [0.05, 0.1) is 29.7 Å². The molecule has 5 rings (SSSR count). The van der Waals surface area contributed by atoms with Gasteiger partial charge in [0.25, 0.3) is 0 Å². The molecule has 1 atom stereocenters. The van der Waals surface area contributed by atoms with E-state index in [9.17, 15) is 14.7 Å². The van der Waals surface area contributed by atoms with E-state index in [-0.39, 0.29) is 11.8 Å². The van der Waals surface area contributed by atoms with Crippen molar-refractivity contribution in [3.05, 3.63) is 64.8 Å². The van der Waals surface area contributed by atoms with Crippen LogP contribution in [-0.2, 0) is 29.1 Å². The number of benzene rings is 2. The maximum absolute atomic E-state index is 12.1. The third-order valence-electron chi connectivity index (χ3n) is 7.48. The van der Waals surface area contributed by atoms with Crippen molar-refractivity contribution in [2.75, 3.05) is 49.5 Å². The minimum atomic E-state index is -0.587. The zero-order valence-electron chi connectivity index (χ0n) is 22.4. The zero-order chi connectivity index (χ0) is 27.5. The standard InChI is InChI=1S/C29H35ClN6O3/c1-20(37)31-26-5-3-4-6-28(26)34-15-13-33(14-16-34)17-24(39)18-36-27-11-12-35(21(2)38)19-25(27)29(32-36)22-7-9-23(30)10-8-22/h3-10,24,39H,11-19H2,1-2H3,(H,31,37). The van der Waals surface area contributed by atoms with Crippen LogP contribution in [0.2, 0.25) is 5.02 Å². The van der Waals surface area contributed by atoms with E-state index in [4.69, 9.17) is 16.7 Å². The zero-order valence-corrected chi connectivity index (χ0v) is 23.2. The second-order valence-corrected chi connectivity index (χ2v) is 10.7. The topological polar surface area (TPSA) is 93.9 Å². The lowest BCUT2D eigenvalue weighted by molar-refractivity contribution is -0.129. The van der Waals surface area contributed by atoms with E-state index in [2.05, 4.69) is 15.1 Å². The Morgan fingerprint density at radius 2 is 1.72 bits per heavy atom. The Hall–Kier alpha value is -3.40. The van der Waals surface area contributed by atoms with Crippen LogP contribution in [0.3, 0.4) is 0 Å². The molecule has 0 aliphatic carbocycles. The number of nitrogens with one attached hydrogen (secondary N) is 1. The van der Waals surface area contributed by atoms with Gasteiger partial charge in [0.1, 0.15) is 0 Å². The molecule has 2 aliphatic rings.